The highest BCUT2D eigenvalue weighted by Crippen LogP contribution is 2.21. The van der Waals surface area contributed by atoms with Gasteiger partial charge in [0, 0.05) is 4.90 Å². The molecule has 0 radical (unpaired) electrons. The molecule has 0 spiro atoms. The molecule has 0 aliphatic rings. The van der Waals surface area contributed by atoms with E-state index in [-0.39, 0.29) is 5.91 Å². The minimum Gasteiger partial charge on any atom is -0.324 e. The molecule has 1 amide bonds. The number of thioether (sulfide) groups is 1. The summed E-state index contributed by atoms with van der Waals surface area (Å²) in [6.45, 7) is 2.12. The van der Waals surface area contributed by atoms with Crippen molar-refractivity contribution in [3.8, 4) is 0 Å². The van der Waals surface area contributed by atoms with Gasteiger partial charge in [0.25, 0.3) is 0 Å². The van der Waals surface area contributed by atoms with Crippen LogP contribution in [0.3, 0.4) is 0 Å². The molecule has 2 rings (SSSR count). The molecule has 0 fully saturated rings. The highest BCUT2D eigenvalue weighted by Gasteiger charge is 2.06. The molecule has 0 heterocycles. The van der Waals surface area contributed by atoms with Gasteiger partial charge in [-0.15, -0.1) is 11.8 Å². The fourth-order valence-corrected chi connectivity index (χ4v) is 2.66. The van der Waals surface area contributed by atoms with Gasteiger partial charge in [-0.3, -0.25) is 4.79 Å². The lowest BCUT2D eigenvalue weighted by Crippen LogP contribution is -2.14. The largest absolute Gasteiger partial charge is 0.324 e. The Morgan fingerprint density at radius 3 is 2.50 bits per heavy atom. The van der Waals surface area contributed by atoms with E-state index >= 15 is 0 Å². The molecule has 2 nitrogen and oxygen atoms in total. The highest BCUT2D eigenvalue weighted by molar-refractivity contribution is 7.99. The van der Waals surface area contributed by atoms with Gasteiger partial charge < -0.3 is 5.32 Å². The van der Waals surface area contributed by atoms with Crippen LogP contribution in [0, 0.1) is 0 Å². The van der Waals surface area contributed by atoms with Crippen LogP contribution >= 0.6 is 23.4 Å². The van der Waals surface area contributed by atoms with Gasteiger partial charge in [0.1, 0.15) is 0 Å². The Hall–Kier alpha value is -1.45. The van der Waals surface area contributed by atoms with E-state index in [0.29, 0.717) is 17.1 Å². The normalized spacial score (nSPS) is 10.3. The van der Waals surface area contributed by atoms with Crippen LogP contribution in [0.2, 0.25) is 5.02 Å². The number of rotatable bonds is 5. The highest BCUT2D eigenvalue weighted by atomic mass is 35.5. The van der Waals surface area contributed by atoms with Gasteiger partial charge in [0.05, 0.1) is 17.1 Å². The lowest BCUT2D eigenvalue weighted by molar-refractivity contribution is -0.115. The number of para-hydroxylation sites is 1. The van der Waals surface area contributed by atoms with Crippen LogP contribution < -0.4 is 5.32 Å². The first-order valence-corrected chi connectivity index (χ1v) is 7.81. The summed E-state index contributed by atoms with van der Waals surface area (Å²) in [5.41, 5.74) is 1.65. The minimum atomic E-state index is -0.0611. The SMILES string of the molecule is CCSc1ccc(CC(=O)Nc2ccccc2Cl)cc1. The molecule has 0 atom stereocenters. The third-order valence-corrected chi connectivity index (χ3v) is 3.97. The van der Waals surface area contributed by atoms with Gasteiger partial charge in [-0.05, 0) is 35.6 Å². The summed E-state index contributed by atoms with van der Waals surface area (Å²) in [7, 11) is 0. The fraction of sp³-hybridized carbons (Fsp3) is 0.188. The molecule has 1 N–H and O–H groups in total. The molecule has 4 heteroatoms. The van der Waals surface area contributed by atoms with E-state index in [1.165, 1.54) is 4.90 Å². The van der Waals surface area contributed by atoms with Gasteiger partial charge in [-0.1, -0.05) is 42.8 Å². The molecule has 0 saturated heterocycles. The Bertz CT molecular complexity index is 583. The lowest BCUT2D eigenvalue weighted by Gasteiger charge is -2.07. The van der Waals surface area contributed by atoms with Crippen LogP contribution in [0.25, 0.3) is 0 Å². The Morgan fingerprint density at radius 2 is 1.85 bits per heavy atom. The third-order valence-electron chi connectivity index (χ3n) is 2.75. The summed E-state index contributed by atoms with van der Waals surface area (Å²) in [6, 6.07) is 15.3. The van der Waals surface area contributed by atoms with Crippen molar-refractivity contribution in [3.63, 3.8) is 0 Å². The first-order valence-electron chi connectivity index (χ1n) is 6.45. The fourth-order valence-electron chi connectivity index (χ4n) is 1.81. The van der Waals surface area contributed by atoms with Crippen molar-refractivity contribution in [1.29, 1.82) is 0 Å². The van der Waals surface area contributed by atoms with Crippen LogP contribution in [0.4, 0.5) is 5.69 Å². The molecule has 104 valence electrons. The van der Waals surface area contributed by atoms with Gasteiger partial charge in [-0.25, -0.2) is 0 Å². The van der Waals surface area contributed by atoms with Gasteiger partial charge >= 0.3 is 0 Å². The average molecular weight is 306 g/mol. The first kappa shape index (κ1) is 14.9. The van der Waals surface area contributed by atoms with Crippen molar-refractivity contribution in [2.24, 2.45) is 0 Å². The maximum absolute atomic E-state index is 12.0. The zero-order valence-electron chi connectivity index (χ0n) is 11.2. The molecule has 0 saturated carbocycles. The molecule has 0 bridgehead atoms. The third kappa shape index (κ3) is 4.29. The smallest absolute Gasteiger partial charge is 0.228 e. The number of halogens is 1. The number of benzene rings is 2. The van der Waals surface area contributed by atoms with Crippen molar-refractivity contribution in [2.75, 3.05) is 11.1 Å². The van der Waals surface area contributed by atoms with Crippen LogP contribution in [-0.2, 0) is 11.2 Å². The Balaban J connectivity index is 1.96. The lowest BCUT2D eigenvalue weighted by atomic mass is 10.1. The second kappa shape index (κ2) is 7.36. The number of carbonyl (C=O) groups excluding carboxylic acids is 1. The molecule has 0 unspecified atom stereocenters. The predicted molar refractivity (Wildman–Crippen MR) is 86.6 cm³/mol. The number of hydrogen-bond acceptors (Lipinski definition) is 2. The standard InChI is InChI=1S/C16H16ClNOS/c1-2-20-13-9-7-12(8-10-13)11-16(19)18-15-6-4-3-5-14(15)17/h3-10H,2,11H2,1H3,(H,18,19). The van der Waals surface area contributed by atoms with Crippen LogP contribution in [-0.4, -0.2) is 11.7 Å². The molecular weight excluding hydrogens is 290 g/mol. The topological polar surface area (TPSA) is 29.1 Å². The number of anilines is 1. The molecular formula is C16H16ClNOS. The molecule has 0 aromatic heterocycles. The number of hydrogen-bond donors (Lipinski definition) is 1. The van der Waals surface area contributed by atoms with Crippen molar-refractivity contribution < 1.29 is 4.79 Å². The quantitative estimate of drug-likeness (QED) is 0.816. The molecule has 0 aliphatic heterocycles. The minimum absolute atomic E-state index is 0.0611. The average Bonchev–Trinajstić information content (AvgIpc) is 2.44. The Labute approximate surface area is 128 Å². The molecule has 0 aliphatic carbocycles. The van der Waals surface area contributed by atoms with Crippen LogP contribution in [0.15, 0.2) is 53.4 Å². The first-order chi connectivity index (χ1) is 9.69. The predicted octanol–water partition coefficient (Wildman–Crippen LogP) is 4.63. The zero-order valence-corrected chi connectivity index (χ0v) is 12.8. The summed E-state index contributed by atoms with van der Waals surface area (Å²) in [5, 5.41) is 3.37. The second-order valence-electron chi connectivity index (χ2n) is 4.28. The summed E-state index contributed by atoms with van der Waals surface area (Å²) in [5.74, 6) is 0.987. The summed E-state index contributed by atoms with van der Waals surface area (Å²) < 4.78 is 0. The van der Waals surface area contributed by atoms with E-state index in [1.54, 1.807) is 23.9 Å². The van der Waals surface area contributed by atoms with Crippen molar-refractivity contribution >= 4 is 35.0 Å². The molecule has 20 heavy (non-hydrogen) atoms. The van der Waals surface area contributed by atoms with Crippen LogP contribution in [0.5, 0.6) is 0 Å². The maximum atomic E-state index is 12.0. The van der Waals surface area contributed by atoms with Gasteiger partial charge in [0.2, 0.25) is 5.91 Å². The zero-order chi connectivity index (χ0) is 14.4. The Morgan fingerprint density at radius 1 is 1.15 bits per heavy atom. The van der Waals surface area contributed by atoms with E-state index in [9.17, 15) is 4.79 Å². The summed E-state index contributed by atoms with van der Waals surface area (Å²) in [6.07, 6.45) is 0.349. The monoisotopic (exact) mass is 305 g/mol. The number of amides is 1. The van der Waals surface area contributed by atoms with E-state index in [4.69, 9.17) is 11.6 Å². The van der Waals surface area contributed by atoms with Crippen molar-refractivity contribution in [3.05, 3.63) is 59.1 Å². The van der Waals surface area contributed by atoms with Crippen LogP contribution in [0.1, 0.15) is 12.5 Å². The van der Waals surface area contributed by atoms with Gasteiger partial charge in [-0.2, -0.15) is 0 Å². The molecule has 2 aromatic carbocycles. The van der Waals surface area contributed by atoms with Crippen molar-refractivity contribution in [2.45, 2.75) is 18.2 Å². The van der Waals surface area contributed by atoms with E-state index in [0.717, 1.165) is 11.3 Å². The summed E-state index contributed by atoms with van der Waals surface area (Å²) in [4.78, 5) is 13.2. The van der Waals surface area contributed by atoms with E-state index in [2.05, 4.69) is 12.2 Å². The van der Waals surface area contributed by atoms with E-state index < -0.39 is 0 Å². The van der Waals surface area contributed by atoms with Gasteiger partial charge in [0.15, 0.2) is 0 Å². The Kier molecular flexibility index (Phi) is 5.50. The molecule has 2 aromatic rings. The number of nitrogens with one attached hydrogen (secondary N) is 1. The maximum Gasteiger partial charge on any atom is 0.228 e. The van der Waals surface area contributed by atoms with Crippen molar-refractivity contribution in [1.82, 2.24) is 0 Å². The summed E-state index contributed by atoms with van der Waals surface area (Å²) >= 11 is 7.80. The van der Waals surface area contributed by atoms with E-state index in [1.807, 2.05) is 36.4 Å². The second-order valence-corrected chi connectivity index (χ2v) is 6.03. The number of carbonyl (C=O) groups is 1.